The maximum atomic E-state index is 12.9. The Bertz CT molecular complexity index is 284. The first-order valence-electron chi connectivity index (χ1n) is 4.50. The highest BCUT2D eigenvalue weighted by Gasteiger charge is 2.16. The van der Waals surface area contributed by atoms with E-state index in [4.69, 9.17) is 0 Å². The average molecular weight is 199 g/mol. The van der Waals surface area contributed by atoms with Crippen LogP contribution in [0.5, 0.6) is 0 Å². The molecule has 1 rings (SSSR count). The number of amides is 1. The summed E-state index contributed by atoms with van der Waals surface area (Å²) < 4.78 is 12.9. The van der Waals surface area contributed by atoms with Crippen LogP contribution in [0, 0.1) is 5.92 Å². The van der Waals surface area contributed by atoms with Gasteiger partial charge < -0.3 is 0 Å². The van der Waals surface area contributed by atoms with Crippen LogP contribution >= 0.6 is 0 Å². The fraction of sp³-hybridized carbons (Fsp3) is 0.500. The number of halogens is 1. The molecular weight excluding hydrogens is 185 g/mol. The zero-order chi connectivity index (χ0) is 10.6. The molecule has 0 saturated carbocycles. The second-order valence-electron chi connectivity index (χ2n) is 3.39. The van der Waals surface area contributed by atoms with Crippen LogP contribution in [0.25, 0.3) is 0 Å². The van der Waals surface area contributed by atoms with Crippen molar-refractivity contribution < 1.29 is 14.0 Å². The van der Waals surface area contributed by atoms with Crippen molar-refractivity contribution in [2.75, 3.05) is 7.11 Å². The number of carbonyl (C=O) groups excluding carboxylic acids is 1. The molecule has 0 aromatic rings. The van der Waals surface area contributed by atoms with Gasteiger partial charge in [-0.25, -0.2) is 9.87 Å². The molecule has 4 heteroatoms. The first-order chi connectivity index (χ1) is 6.63. The molecule has 0 aliphatic heterocycles. The van der Waals surface area contributed by atoms with Gasteiger partial charge in [0.25, 0.3) is 0 Å². The topological polar surface area (TPSA) is 38.3 Å². The number of hydrogen-bond acceptors (Lipinski definition) is 2. The van der Waals surface area contributed by atoms with Crippen LogP contribution < -0.4 is 5.48 Å². The molecule has 1 N–H and O–H groups in total. The van der Waals surface area contributed by atoms with Gasteiger partial charge in [0.2, 0.25) is 5.91 Å². The van der Waals surface area contributed by atoms with E-state index in [9.17, 15) is 9.18 Å². The predicted octanol–water partition coefficient (Wildman–Crippen LogP) is 1.87. The molecule has 0 spiro atoms. The fourth-order valence-corrected chi connectivity index (χ4v) is 1.41. The third-order valence-corrected chi connectivity index (χ3v) is 2.12. The Hall–Kier alpha value is -1.16. The van der Waals surface area contributed by atoms with Gasteiger partial charge in [-0.3, -0.25) is 9.63 Å². The molecule has 1 amide bonds. The lowest BCUT2D eigenvalue weighted by molar-refractivity contribution is -0.130. The second kappa shape index (κ2) is 4.91. The van der Waals surface area contributed by atoms with Gasteiger partial charge in [-0.2, -0.15) is 0 Å². The number of hydrogen-bond donors (Lipinski definition) is 1. The Morgan fingerprint density at radius 3 is 3.00 bits per heavy atom. The van der Waals surface area contributed by atoms with Crippen LogP contribution in [0.4, 0.5) is 4.39 Å². The summed E-state index contributed by atoms with van der Waals surface area (Å²) in [5.41, 5.74) is 3.15. The van der Waals surface area contributed by atoms with Crippen molar-refractivity contribution in [1.29, 1.82) is 0 Å². The third kappa shape index (κ3) is 2.96. The van der Waals surface area contributed by atoms with Crippen molar-refractivity contribution in [2.24, 2.45) is 5.92 Å². The molecule has 1 aliphatic rings. The van der Waals surface area contributed by atoms with Crippen molar-refractivity contribution in [3.8, 4) is 0 Å². The summed E-state index contributed by atoms with van der Waals surface area (Å²) in [4.78, 5) is 15.6. The molecule has 0 aromatic carbocycles. The predicted molar refractivity (Wildman–Crippen MR) is 50.8 cm³/mol. The summed E-state index contributed by atoms with van der Waals surface area (Å²) in [7, 11) is 1.38. The summed E-state index contributed by atoms with van der Waals surface area (Å²) in [6.07, 6.45) is 3.94. The summed E-state index contributed by atoms with van der Waals surface area (Å²) in [5, 5.41) is 0. The first-order valence-corrected chi connectivity index (χ1v) is 4.50. The summed E-state index contributed by atoms with van der Waals surface area (Å²) in [6, 6.07) is 0. The summed E-state index contributed by atoms with van der Waals surface area (Å²) in [6.45, 7) is 1.80. The fourth-order valence-electron chi connectivity index (χ4n) is 1.41. The molecule has 0 radical (unpaired) electrons. The molecule has 0 heterocycles. The van der Waals surface area contributed by atoms with Crippen LogP contribution in [-0.4, -0.2) is 13.0 Å². The van der Waals surface area contributed by atoms with Gasteiger partial charge in [-0.1, -0.05) is 18.6 Å². The molecule has 1 aliphatic carbocycles. The van der Waals surface area contributed by atoms with Crippen molar-refractivity contribution in [2.45, 2.75) is 19.8 Å². The smallest absolute Gasteiger partial charge is 0.247 e. The largest absolute Gasteiger partial charge is 0.277 e. The quantitative estimate of drug-likeness (QED) is 0.705. The van der Waals surface area contributed by atoms with Crippen molar-refractivity contribution in [3.63, 3.8) is 0 Å². The lowest BCUT2D eigenvalue weighted by atomic mass is 9.93. The molecule has 14 heavy (non-hydrogen) atoms. The molecule has 0 fully saturated rings. The number of hydroxylamine groups is 1. The summed E-state index contributed by atoms with van der Waals surface area (Å²) >= 11 is 0. The van der Waals surface area contributed by atoms with Crippen LogP contribution in [0.15, 0.2) is 23.6 Å². The highest BCUT2D eigenvalue weighted by molar-refractivity contribution is 5.77. The highest BCUT2D eigenvalue weighted by Crippen LogP contribution is 2.26. The van der Waals surface area contributed by atoms with E-state index in [2.05, 4.69) is 10.3 Å². The van der Waals surface area contributed by atoms with E-state index in [0.29, 0.717) is 6.42 Å². The second-order valence-corrected chi connectivity index (χ2v) is 3.39. The minimum absolute atomic E-state index is 0.120. The molecule has 1 atom stereocenters. The molecule has 0 saturated heterocycles. The third-order valence-electron chi connectivity index (χ3n) is 2.12. The maximum absolute atomic E-state index is 12.9. The minimum Gasteiger partial charge on any atom is -0.277 e. The van der Waals surface area contributed by atoms with Crippen molar-refractivity contribution in [3.05, 3.63) is 23.6 Å². The van der Waals surface area contributed by atoms with Crippen LogP contribution in [-0.2, 0) is 9.63 Å². The Labute approximate surface area is 82.6 Å². The molecule has 3 nitrogen and oxygen atoms in total. The molecule has 0 bridgehead atoms. The van der Waals surface area contributed by atoms with E-state index >= 15 is 0 Å². The lowest BCUT2D eigenvalue weighted by Crippen LogP contribution is -2.22. The minimum atomic E-state index is -0.207. The lowest BCUT2D eigenvalue weighted by Gasteiger charge is -2.15. The maximum Gasteiger partial charge on any atom is 0.247 e. The standard InChI is InChI=1S/C10H14FNO2/c1-7-5-8(3-4-9(7)11)6-10(13)12-14-2/h3-4,7H,5-6H2,1-2H3,(H,12,13). The monoisotopic (exact) mass is 199 g/mol. The Morgan fingerprint density at radius 1 is 1.71 bits per heavy atom. The summed E-state index contributed by atoms with van der Waals surface area (Å²) in [5.74, 6) is -0.451. The van der Waals surface area contributed by atoms with Crippen LogP contribution in [0.2, 0.25) is 0 Å². The Kier molecular flexibility index (Phi) is 3.83. The number of carbonyl (C=O) groups is 1. The van der Waals surface area contributed by atoms with Crippen LogP contribution in [0.3, 0.4) is 0 Å². The van der Waals surface area contributed by atoms with Crippen molar-refractivity contribution >= 4 is 5.91 Å². The number of allylic oxidation sites excluding steroid dienone is 3. The van der Waals surface area contributed by atoms with E-state index in [-0.39, 0.29) is 24.1 Å². The normalized spacial score (nSPS) is 21.2. The van der Waals surface area contributed by atoms with Gasteiger partial charge in [0, 0.05) is 5.92 Å². The zero-order valence-electron chi connectivity index (χ0n) is 8.34. The van der Waals surface area contributed by atoms with Gasteiger partial charge in [-0.05, 0) is 12.5 Å². The van der Waals surface area contributed by atoms with E-state index in [0.717, 1.165) is 5.57 Å². The SMILES string of the molecule is CONC(=O)CC1=CC=C(F)C(C)C1. The van der Waals surface area contributed by atoms with E-state index < -0.39 is 0 Å². The van der Waals surface area contributed by atoms with Crippen LogP contribution in [0.1, 0.15) is 19.8 Å². The number of rotatable bonds is 3. The highest BCUT2D eigenvalue weighted by atomic mass is 19.1. The average Bonchev–Trinajstić information content (AvgIpc) is 2.12. The van der Waals surface area contributed by atoms with Gasteiger partial charge in [0.1, 0.15) is 5.83 Å². The zero-order valence-corrected chi connectivity index (χ0v) is 8.34. The first kappa shape index (κ1) is 10.9. The van der Waals surface area contributed by atoms with Gasteiger partial charge in [0.05, 0.1) is 13.5 Å². The van der Waals surface area contributed by atoms with Crippen molar-refractivity contribution in [1.82, 2.24) is 5.48 Å². The molecule has 78 valence electrons. The van der Waals surface area contributed by atoms with E-state index in [1.165, 1.54) is 13.2 Å². The molecular formula is C10H14FNO2. The van der Waals surface area contributed by atoms with E-state index in [1.807, 2.05) is 0 Å². The van der Waals surface area contributed by atoms with E-state index in [1.54, 1.807) is 13.0 Å². The Balaban J connectivity index is 2.51. The molecule has 0 aromatic heterocycles. The van der Waals surface area contributed by atoms with Gasteiger partial charge in [-0.15, -0.1) is 0 Å². The van der Waals surface area contributed by atoms with Gasteiger partial charge in [0.15, 0.2) is 0 Å². The Morgan fingerprint density at radius 2 is 2.43 bits per heavy atom. The number of nitrogens with one attached hydrogen (secondary N) is 1. The van der Waals surface area contributed by atoms with Gasteiger partial charge >= 0.3 is 0 Å². The molecule has 1 unspecified atom stereocenters.